The molecule has 5 heteroatoms. The van der Waals surface area contributed by atoms with Crippen molar-refractivity contribution in [1.82, 2.24) is 0 Å². The van der Waals surface area contributed by atoms with E-state index in [1.165, 1.54) is 0 Å². The SMILES string of the molecule is CCOC(=O)C(CCCc1ccccc1C(OC)OC)C(=O)c1ccccc1. The predicted octanol–water partition coefficient (Wildman–Crippen LogP) is 4.36. The molecule has 0 saturated carbocycles. The molecule has 0 fully saturated rings. The molecule has 0 spiro atoms. The maximum Gasteiger partial charge on any atom is 0.316 e. The van der Waals surface area contributed by atoms with Crippen LogP contribution < -0.4 is 0 Å². The van der Waals surface area contributed by atoms with E-state index in [-0.39, 0.29) is 12.4 Å². The van der Waals surface area contributed by atoms with Crippen molar-refractivity contribution in [2.75, 3.05) is 20.8 Å². The van der Waals surface area contributed by atoms with E-state index in [0.29, 0.717) is 24.8 Å². The topological polar surface area (TPSA) is 61.8 Å². The van der Waals surface area contributed by atoms with Crippen molar-refractivity contribution in [2.45, 2.75) is 32.5 Å². The third-order valence-electron chi connectivity index (χ3n) is 4.62. The third-order valence-corrected chi connectivity index (χ3v) is 4.62. The van der Waals surface area contributed by atoms with E-state index in [1.54, 1.807) is 45.4 Å². The first-order valence-electron chi connectivity index (χ1n) is 9.51. The summed E-state index contributed by atoms with van der Waals surface area (Å²) in [5, 5.41) is 0. The fourth-order valence-electron chi connectivity index (χ4n) is 3.24. The van der Waals surface area contributed by atoms with Gasteiger partial charge in [0.1, 0.15) is 5.92 Å². The molecule has 0 bridgehead atoms. The molecule has 0 aromatic heterocycles. The van der Waals surface area contributed by atoms with Crippen molar-refractivity contribution >= 4 is 11.8 Å². The molecule has 0 aliphatic heterocycles. The van der Waals surface area contributed by atoms with E-state index in [2.05, 4.69) is 0 Å². The van der Waals surface area contributed by atoms with Gasteiger partial charge in [0.2, 0.25) is 0 Å². The van der Waals surface area contributed by atoms with Crippen LogP contribution in [0, 0.1) is 5.92 Å². The van der Waals surface area contributed by atoms with Crippen LogP contribution >= 0.6 is 0 Å². The standard InChI is InChI=1S/C23H28O5/c1-4-28-22(25)20(21(24)18-12-6-5-7-13-18)16-10-14-17-11-8-9-15-19(17)23(26-2)27-3/h5-9,11-13,15,20,23H,4,10,14,16H2,1-3H3. The van der Waals surface area contributed by atoms with Crippen LogP contribution in [0.4, 0.5) is 0 Å². The second-order valence-corrected chi connectivity index (χ2v) is 6.43. The molecule has 0 amide bonds. The minimum Gasteiger partial charge on any atom is -0.465 e. The van der Waals surface area contributed by atoms with Crippen LogP contribution in [0.2, 0.25) is 0 Å². The molecular weight excluding hydrogens is 356 g/mol. The molecule has 0 saturated heterocycles. The summed E-state index contributed by atoms with van der Waals surface area (Å²) in [5.41, 5.74) is 2.56. The minimum absolute atomic E-state index is 0.195. The van der Waals surface area contributed by atoms with Crippen molar-refractivity contribution in [3.63, 3.8) is 0 Å². The molecule has 0 aliphatic carbocycles. The Morgan fingerprint density at radius 3 is 2.21 bits per heavy atom. The van der Waals surface area contributed by atoms with E-state index in [0.717, 1.165) is 11.1 Å². The predicted molar refractivity (Wildman–Crippen MR) is 107 cm³/mol. The van der Waals surface area contributed by atoms with Gasteiger partial charge in [0.25, 0.3) is 0 Å². The number of esters is 1. The first kappa shape index (κ1) is 21.8. The highest BCUT2D eigenvalue weighted by atomic mass is 16.7. The van der Waals surface area contributed by atoms with Gasteiger partial charge in [-0.1, -0.05) is 54.6 Å². The van der Waals surface area contributed by atoms with Gasteiger partial charge in [-0.3, -0.25) is 9.59 Å². The highest BCUT2D eigenvalue weighted by molar-refractivity contribution is 6.08. The van der Waals surface area contributed by atoms with Crippen molar-refractivity contribution in [3.8, 4) is 0 Å². The van der Waals surface area contributed by atoms with Gasteiger partial charge in [-0.2, -0.15) is 0 Å². The Morgan fingerprint density at radius 1 is 0.929 bits per heavy atom. The Kier molecular flexibility index (Phi) is 8.85. The zero-order valence-corrected chi connectivity index (χ0v) is 16.7. The average Bonchev–Trinajstić information content (AvgIpc) is 2.73. The van der Waals surface area contributed by atoms with Crippen LogP contribution in [0.25, 0.3) is 0 Å². The summed E-state index contributed by atoms with van der Waals surface area (Å²) in [4.78, 5) is 25.2. The Bertz CT molecular complexity index is 753. The molecule has 0 aliphatic rings. The number of benzene rings is 2. The van der Waals surface area contributed by atoms with Gasteiger partial charge >= 0.3 is 5.97 Å². The van der Waals surface area contributed by atoms with Crippen LogP contribution in [0.5, 0.6) is 0 Å². The number of Topliss-reactive ketones (excluding diaryl/α,β-unsaturated/α-hetero) is 1. The number of aryl methyl sites for hydroxylation is 1. The lowest BCUT2D eigenvalue weighted by atomic mass is 9.91. The van der Waals surface area contributed by atoms with Crippen molar-refractivity contribution in [1.29, 1.82) is 0 Å². The molecule has 150 valence electrons. The smallest absolute Gasteiger partial charge is 0.316 e. The quantitative estimate of drug-likeness (QED) is 0.249. The maximum absolute atomic E-state index is 12.8. The van der Waals surface area contributed by atoms with Gasteiger partial charge in [-0.25, -0.2) is 0 Å². The second-order valence-electron chi connectivity index (χ2n) is 6.43. The van der Waals surface area contributed by atoms with Crippen LogP contribution in [0.1, 0.15) is 47.5 Å². The van der Waals surface area contributed by atoms with E-state index in [9.17, 15) is 9.59 Å². The molecule has 2 aromatic carbocycles. The summed E-state index contributed by atoms with van der Waals surface area (Å²) in [6.07, 6.45) is 1.35. The summed E-state index contributed by atoms with van der Waals surface area (Å²) in [6.45, 7) is 2.00. The number of ether oxygens (including phenoxy) is 3. The molecule has 0 radical (unpaired) electrons. The number of hydrogen-bond acceptors (Lipinski definition) is 5. The zero-order chi connectivity index (χ0) is 20.4. The van der Waals surface area contributed by atoms with Crippen LogP contribution in [0.3, 0.4) is 0 Å². The lowest BCUT2D eigenvalue weighted by Crippen LogP contribution is -2.26. The first-order valence-corrected chi connectivity index (χ1v) is 9.51. The fourth-order valence-corrected chi connectivity index (χ4v) is 3.24. The highest BCUT2D eigenvalue weighted by Gasteiger charge is 2.28. The Labute approximate surface area is 166 Å². The van der Waals surface area contributed by atoms with Crippen LogP contribution in [-0.2, 0) is 25.4 Å². The molecule has 5 nitrogen and oxygen atoms in total. The number of carbonyl (C=O) groups is 2. The largest absolute Gasteiger partial charge is 0.465 e. The molecule has 1 unspecified atom stereocenters. The van der Waals surface area contributed by atoms with E-state index in [4.69, 9.17) is 14.2 Å². The summed E-state index contributed by atoms with van der Waals surface area (Å²) < 4.78 is 15.9. The summed E-state index contributed by atoms with van der Waals surface area (Å²) in [5.74, 6) is -1.45. The van der Waals surface area contributed by atoms with Gasteiger partial charge in [0.05, 0.1) is 6.61 Å². The van der Waals surface area contributed by atoms with Gasteiger partial charge in [0.15, 0.2) is 12.1 Å². The second kappa shape index (κ2) is 11.4. The fraction of sp³-hybridized carbons (Fsp3) is 0.391. The van der Waals surface area contributed by atoms with Crippen LogP contribution in [0.15, 0.2) is 54.6 Å². The van der Waals surface area contributed by atoms with Gasteiger partial charge in [-0.05, 0) is 31.7 Å². The lowest BCUT2D eigenvalue weighted by molar-refractivity contribution is -0.146. The van der Waals surface area contributed by atoms with Gasteiger partial charge in [0, 0.05) is 25.3 Å². The van der Waals surface area contributed by atoms with E-state index in [1.807, 2.05) is 30.3 Å². The zero-order valence-electron chi connectivity index (χ0n) is 16.7. The van der Waals surface area contributed by atoms with Crippen molar-refractivity contribution in [2.24, 2.45) is 5.92 Å². The number of ketones is 1. The maximum atomic E-state index is 12.8. The summed E-state index contributed by atoms with van der Waals surface area (Å²) >= 11 is 0. The molecule has 28 heavy (non-hydrogen) atoms. The van der Waals surface area contributed by atoms with Crippen molar-refractivity contribution < 1.29 is 23.8 Å². The molecule has 0 heterocycles. The van der Waals surface area contributed by atoms with Gasteiger partial charge < -0.3 is 14.2 Å². The minimum atomic E-state index is -0.796. The third kappa shape index (κ3) is 5.75. The average molecular weight is 384 g/mol. The lowest BCUT2D eigenvalue weighted by Gasteiger charge is -2.18. The van der Waals surface area contributed by atoms with Crippen molar-refractivity contribution in [3.05, 3.63) is 71.3 Å². The first-order chi connectivity index (χ1) is 13.6. The Morgan fingerprint density at radius 2 is 1.57 bits per heavy atom. The molecule has 0 N–H and O–H groups in total. The van der Waals surface area contributed by atoms with Crippen LogP contribution in [-0.4, -0.2) is 32.6 Å². The molecular formula is C23H28O5. The Balaban J connectivity index is 2.10. The monoisotopic (exact) mass is 384 g/mol. The molecule has 2 rings (SSSR count). The Hall–Kier alpha value is -2.50. The number of hydrogen-bond donors (Lipinski definition) is 0. The normalized spacial score (nSPS) is 12.0. The number of carbonyl (C=O) groups excluding carboxylic acids is 2. The summed E-state index contributed by atoms with van der Waals surface area (Å²) in [6, 6.07) is 16.8. The number of methoxy groups -OCH3 is 2. The van der Waals surface area contributed by atoms with E-state index < -0.39 is 18.2 Å². The molecule has 2 aromatic rings. The molecule has 1 atom stereocenters. The van der Waals surface area contributed by atoms with E-state index >= 15 is 0 Å². The highest BCUT2D eigenvalue weighted by Crippen LogP contribution is 2.24. The van der Waals surface area contributed by atoms with Gasteiger partial charge in [-0.15, -0.1) is 0 Å². The number of rotatable bonds is 11. The summed E-state index contributed by atoms with van der Waals surface area (Å²) in [7, 11) is 3.19.